The smallest absolute Gasteiger partial charge is 0.157 e. The van der Waals surface area contributed by atoms with Crippen LogP contribution in [-0.2, 0) is 16.6 Å². The van der Waals surface area contributed by atoms with Gasteiger partial charge in [0.15, 0.2) is 11.5 Å². The molecule has 0 aromatic heterocycles. The Bertz CT molecular complexity index is 651. The molecule has 5 heteroatoms. The Morgan fingerprint density at radius 2 is 1.75 bits per heavy atom. The Morgan fingerprint density at radius 3 is 2.40 bits per heavy atom. The molecular weight excluding hydrogens is 296 g/mol. The number of phenolic OH excluding ortho intramolecular Hbond substituents is 2. The highest BCUT2D eigenvalue weighted by atomic mass is 35.5. The summed E-state index contributed by atoms with van der Waals surface area (Å²) in [5.41, 5.74) is 1.61. The molecule has 20 heavy (non-hydrogen) atoms. The number of hydrogen-bond acceptors (Lipinski definition) is 3. The van der Waals surface area contributed by atoms with Crippen molar-refractivity contribution in [3.8, 4) is 11.5 Å². The second kappa shape index (κ2) is 6.59. The molecule has 1 atom stereocenters. The van der Waals surface area contributed by atoms with E-state index in [2.05, 4.69) is 0 Å². The molecule has 0 aliphatic heterocycles. The van der Waals surface area contributed by atoms with Gasteiger partial charge in [0.05, 0.1) is 16.6 Å². The highest BCUT2D eigenvalue weighted by Crippen LogP contribution is 2.25. The summed E-state index contributed by atoms with van der Waals surface area (Å²) in [5.74, 6) is 0.0256. The summed E-state index contributed by atoms with van der Waals surface area (Å²) in [4.78, 5) is 0. The number of hydrogen-bond donors (Lipinski definition) is 2. The van der Waals surface area contributed by atoms with Gasteiger partial charge < -0.3 is 10.2 Å². The van der Waals surface area contributed by atoms with Crippen molar-refractivity contribution in [1.29, 1.82) is 0 Å². The minimum atomic E-state index is -1.16. The van der Waals surface area contributed by atoms with Gasteiger partial charge in [-0.25, -0.2) is 0 Å². The molecule has 2 aromatic carbocycles. The number of phenols is 2. The van der Waals surface area contributed by atoms with Gasteiger partial charge in [-0.15, -0.1) is 0 Å². The lowest BCUT2D eigenvalue weighted by molar-refractivity contribution is 0.403. The summed E-state index contributed by atoms with van der Waals surface area (Å²) in [5, 5.41) is 20.8. The molecule has 0 aliphatic carbocycles. The van der Waals surface area contributed by atoms with Crippen LogP contribution in [0.4, 0.5) is 0 Å². The van der Waals surface area contributed by atoms with Gasteiger partial charge in [-0.05, 0) is 41.5 Å². The Kier molecular flexibility index (Phi) is 4.82. The first-order chi connectivity index (χ1) is 9.54. The summed E-state index contributed by atoms with van der Waals surface area (Å²) in [6.45, 7) is 0. The maximum Gasteiger partial charge on any atom is 0.157 e. The van der Waals surface area contributed by atoms with E-state index < -0.39 is 10.8 Å². The van der Waals surface area contributed by atoms with Crippen molar-refractivity contribution in [3.05, 3.63) is 64.0 Å². The molecule has 0 heterocycles. The van der Waals surface area contributed by atoms with Crippen LogP contribution < -0.4 is 0 Å². The van der Waals surface area contributed by atoms with Crippen molar-refractivity contribution in [2.75, 3.05) is 0 Å². The average molecular weight is 309 g/mol. The Balaban J connectivity index is 2.01. The van der Waals surface area contributed by atoms with Crippen molar-refractivity contribution in [3.63, 3.8) is 0 Å². The fourth-order valence-corrected chi connectivity index (χ4v) is 2.64. The quantitative estimate of drug-likeness (QED) is 0.847. The summed E-state index contributed by atoms with van der Waals surface area (Å²) < 4.78 is 11.9. The first kappa shape index (κ1) is 14.6. The van der Waals surface area contributed by atoms with Crippen molar-refractivity contribution in [2.45, 2.75) is 5.75 Å². The summed E-state index contributed by atoms with van der Waals surface area (Å²) in [6.07, 6.45) is 1.64. The molecule has 0 saturated carbocycles. The topological polar surface area (TPSA) is 57.5 Å². The lowest BCUT2D eigenvalue weighted by Gasteiger charge is -2.00. The Hall–Kier alpha value is -1.78. The van der Waals surface area contributed by atoms with Crippen molar-refractivity contribution >= 4 is 28.5 Å². The van der Waals surface area contributed by atoms with Gasteiger partial charge in [-0.1, -0.05) is 29.8 Å². The SMILES string of the molecule is O=S(/C=C/c1ccc(O)c(O)c1)Cc1ccc(Cl)cc1. The van der Waals surface area contributed by atoms with E-state index in [4.69, 9.17) is 11.6 Å². The molecule has 3 nitrogen and oxygen atoms in total. The molecule has 2 rings (SSSR count). The zero-order valence-corrected chi connectivity index (χ0v) is 12.1. The lowest BCUT2D eigenvalue weighted by Crippen LogP contribution is -1.90. The minimum absolute atomic E-state index is 0.176. The summed E-state index contributed by atoms with van der Waals surface area (Å²) >= 11 is 5.78. The third-order valence-electron chi connectivity index (χ3n) is 2.63. The first-order valence-corrected chi connectivity index (χ1v) is 7.62. The average Bonchev–Trinajstić information content (AvgIpc) is 2.43. The highest BCUT2D eigenvalue weighted by molar-refractivity contribution is 7.87. The third kappa shape index (κ3) is 4.11. The zero-order chi connectivity index (χ0) is 14.5. The van der Waals surface area contributed by atoms with E-state index in [0.717, 1.165) is 5.56 Å². The van der Waals surface area contributed by atoms with Crippen LogP contribution in [0, 0.1) is 0 Å². The van der Waals surface area contributed by atoms with Crippen LogP contribution in [0.3, 0.4) is 0 Å². The van der Waals surface area contributed by atoms with E-state index in [9.17, 15) is 14.4 Å². The van der Waals surface area contributed by atoms with E-state index in [1.807, 2.05) is 12.1 Å². The molecule has 0 radical (unpaired) electrons. The second-order valence-electron chi connectivity index (χ2n) is 4.20. The monoisotopic (exact) mass is 308 g/mol. The predicted octanol–water partition coefficient (Wildman–Crippen LogP) is 3.67. The molecule has 0 amide bonds. The van der Waals surface area contributed by atoms with Crippen molar-refractivity contribution < 1.29 is 14.4 Å². The Labute approximate surface area is 124 Å². The molecule has 0 fully saturated rings. The molecule has 0 aliphatic rings. The molecule has 0 bridgehead atoms. The van der Waals surface area contributed by atoms with Crippen LogP contribution in [0.2, 0.25) is 5.02 Å². The molecule has 104 valence electrons. The van der Waals surface area contributed by atoms with Gasteiger partial charge in [-0.3, -0.25) is 4.21 Å². The zero-order valence-electron chi connectivity index (χ0n) is 10.5. The maximum absolute atomic E-state index is 11.9. The number of aromatic hydroxyl groups is 2. The van der Waals surface area contributed by atoms with Crippen molar-refractivity contribution in [1.82, 2.24) is 0 Å². The number of rotatable bonds is 4. The maximum atomic E-state index is 11.9. The summed E-state index contributed by atoms with van der Waals surface area (Å²) in [7, 11) is -1.16. The lowest BCUT2D eigenvalue weighted by atomic mass is 10.2. The fourth-order valence-electron chi connectivity index (χ4n) is 1.59. The van der Waals surface area contributed by atoms with Crippen LogP contribution in [0.5, 0.6) is 11.5 Å². The Morgan fingerprint density at radius 1 is 1.05 bits per heavy atom. The van der Waals surface area contributed by atoms with Crippen molar-refractivity contribution in [2.24, 2.45) is 0 Å². The molecule has 1 unspecified atom stereocenters. The fraction of sp³-hybridized carbons (Fsp3) is 0.0667. The van der Waals surface area contributed by atoms with E-state index in [1.165, 1.54) is 12.1 Å². The largest absolute Gasteiger partial charge is 0.504 e. The normalized spacial score (nSPS) is 12.7. The molecule has 2 aromatic rings. The first-order valence-electron chi connectivity index (χ1n) is 5.86. The molecule has 0 spiro atoms. The van der Waals surface area contributed by atoms with Gasteiger partial charge in [-0.2, -0.15) is 0 Å². The standard InChI is InChI=1S/C15H13ClO3S/c16-13-4-1-12(2-5-13)10-20(19)8-7-11-3-6-14(17)15(18)9-11/h1-9,17-18H,10H2/b8-7+. The third-order valence-corrected chi connectivity index (χ3v) is 3.94. The van der Waals surface area contributed by atoms with E-state index in [-0.39, 0.29) is 11.5 Å². The number of benzene rings is 2. The van der Waals surface area contributed by atoms with Crippen LogP contribution in [0.25, 0.3) is 6.08 Å². The van der Waals surface area contributed by atoms with Crippen LogP contribution >= 0.6 is 11.6 Å². The van der Waals surface area contributed by atoms with Crippen LogP contribution in [-0.4, -0.2) is 14.4 Å². The highest BCUT2D eigenvalue weighted by Gasteiger charge is 2.00. The summed E-state index contributed by atoms with van der Waals surface area (Å²) in [6, 6.07) is 11.6. The van der Waals surface area contributed by atoms with Crippen LogP contribution in [0.15, 0.2) is 47.9 Å². The van der Waals surface area contributed by atoms with Gasteiger partial charge in [0.2, 0.25) is 0 Å². The minimum Gasteiger partial charge on any atom is -0.504 e. The second-order valence-corrected chi connectivity index (χ2v) is 5.96. The van der Waals surface area contributed by atoms with E-state index in [0.29, 0.717) is 16.3 Å². The van der Waals surface area contributed by atoms with Gasteiger partial charge in [0, 0.05) is 10.4 Å². The molecule has 2 N–H and O–H groups in total. The van der Waals surface area contributed by atoms with E-state index >= 15 is 0 Å². The van der Waals surface area contributed by atoms with Gasteiger partial charge in [0.1, 0.15) is 0 Å². The number of halogens is 1. The van der Waals surface area contributed by atoms with Gasteiger partial charge >= 0.3 is 0 Å². The van der Waals surface area contributed by atoms with E-state index in [1.54, 1.807) is 29.7 Å². The molecule has 0 saturated heterocycles. The molecular formula is C15H13ClO3S. The van der Waals surface area contributed by atoms with Crippen LogP contribution in [0.1, 0.15) is 11.1 Å². The predicted molar refractivity (Wildman–Crippen MR) is 82.1 cm³/mol. The van der Waals surface area contributed by atoms with Gasteiger partial charge in [0.25, 0.3) is 0 Å².